The molecule has 45 heavy (non-hydrogen) atoms. The van der Waals surface area contributed by atoms with E-state index in [4.69, 9.17) is 38.4 Å². The molecule has 2 aromatic heterocycles. The summed E-state index contributed by atoms with van der Waals surface area (Å²) in [5, 5.41) is 2.02. The average Bonchev–Trinajstić information content (AvgIpc) is 3.07. The Bertz CT molecular complexity index is 1640. The summed E-state index contributed by atoms with van der Waals surface area (Å²) < 4.78 is 32.5. The van der Waals surface area contributed by atoms with Gasteiger partial charge in [0.2, 0.25) is 0 Å². The summed E-state index contributed by atoms with van der Waals surface area (Å²) in [4.78, 5) is 33.7. The van der Waals surface area contributed by atoms with Gasteiger partial charge in [-0.15, -0.1) is 0 Å². The smallest absolute Gasteiger partial charge is 0.317 e. The van der Waals surface area contributed by atoms with Crippen LogP contribution in [0.4, 0.5) is 0 Å². The molecule has 3 aliphatic heterocycles. The minimum absolute atomic E-state index is 0.0253. The van der Waals surface area contributed by atoms with E-state index in [2.05, 4.69) is 24.3 Å². The summed E-state index contributed by atoms with van der Waals surface area (Å²) in [6, 6.07) is 27.7. The highest BCUT2D eigenvalue weighted by Gasteiger charge is 2.13. The average molecular weight is 609 g/mol. The van der Waals surface area contributed by atoms with Gasteiger partial charge in [-0.1, -0.05) is 24.3 Å². The zero-order valence-corrected chi connectivity index (χ0v) is 24.6. The van der Waals surface area contributed by atoms with Gasteiger partial charge in [-0.2, -0.15) is 0 Å². The number of esters is 2. The molecule has 0 saturated heterocycles. The van der Waals surface area contributed by atoms with Crippen LogP contribution in [0.3, 0.4) is 0 Å². The molecule has 5 heterocycles. The highest BCUT2D eigenvalue weighted by Crippen LogP contribution is 2.30. The Kier molecular flexibility index (Phi) is 9.74. The summed E-state index contributed by atoms with van der Waals surface area (Å²) >= 11 is 0. The van der Waals surface area contributed by atoms with Crippen LogP contribution in [-0.2, 0) is 28.5 Å². The van der Waals surface area contributed by atoms with E-state index >= 15 is 0 Å². The number of pyridine rings is 2. The SMILES string of the molecule is O=C1CC(=O)OCCOCCOc2ccc(cc2)-c2ccc3ccc4ccc(nc4c3n2)-c2ccc(cc2)OCCOCCO1. The second-order valence-electron chi connectivity index (χ2n) is 10.2. The second kappa shape index (κ2) is 14.6. The highest BCUT2D eigenvalue weighted by molar-refractivity contribution is 6.04. The predicted molar refractivity (Wildman–Crippen MR) is 167 cm³/mol. The summed E-state index contributed by atoms with van der Waals surface area (Å²) in [7, 11) is 0. The third-order valence-corrected chi connectivity index (χ3v) is 7.08. The molecule has 230 valence electrons. The molecule has 0 spiro atoms. The fourth-order valence-corrected chi connectivity index (χ4v) is 4.82. The molecule has 0 saturated carbocycles. The first kappa shape index (κ1) is 30.0. The first-order valence-corrected chi connectivity index (χ1v) is 14.8. The number of rotatable bonds is 0. The summed E-state index contributed by atoms with van der Waals surface area (Å²) in [6.45, 7) is 1.68. The predicted octanol–water partition coefficient (Wildman–Crippen LogP) is 5.40. The molecule has 0 atom stereocenters. The van der Waals surface area contributed by atoms with Gasteiger partial charge in [0.1, 0.15) is 44.3 Å². The Morgan fingerprint density at radius 3 is 1.22 bits per heavy atom. The van der Waals surface area contributed by atoms with E-state index in [9.17, 15) is 9.59 Å². The monoisotopic (exact) mass is 608 g/mol. The van der Waals surface area contributed by atoms with Crippen molar-refractivity contribution in [3.8, 4) is 34.0 Å². The van der Waals surface area contributed by atoms with Crippen LogP contribution in [0.2, 0.25) is 0 Å². The van der Waals surface area contributed by atoms with Crippen LogP contribution in [0.25, 0.3) is 44.3 Å². The van der Waals surface area contributed by atoms with Gasteiger partial charge in [0, 0.05) is 21.9 Å². The first-order chi connectivity index (χ1) is 22.1. The van der Waals surface area contributed by atoms with Crippen molar-refractivity contribution in [2.45, 2.75) is 6.42 Å². The van der Waals surface area contributed by atoms with E-state index in [1.807, 2.05) is 60.7 Å². The standard InChI is InChI=1S/C35H32N2O8/c38-32-23-33(39)45-22-18-41-16-20-43-29-11-5-25(6-12-29)31-14-8-27-2-1-26-7-13-30(36-34(26)35(27)37-31)24-3-9-28(10-4-24)42-19-15-40-17-21-44-32/h1-14H,15-23H2. The minimum Gasteiger partial charge on any atom is -0.491 e. The van der Waals surface area contributed by atoms with Crippen LogP contribution in [0.5, 0.6) is 11.5 Å². The lowest BCUT2D eigenvalue weighted by atomic mass is 10.1. The third kappa shape index (κ3) is 7.91. The zero-order chi connectivity index (χ0) is 30.8. The topological polar surface area (TPSA) is 115 Å². The lowest BCUT2D eigenvalue weighted by molar-refractivity contribution is -0.156. The number of fused-ring (bicyclic) bond motifs is 2. The maximum absolute atomic E-state index is 11.8. The van der Waals surface area contributed by atoms with Crippen LogP contribution in [-0.4, -0.2) is 74.8 Å². The van der Waals surface area contributed by atoms with Crippen LogP contribution < -0.4 is 9.47 Å². The Hall–Kier alpha value is -5.06. The fraction of sp³-hybridized carbons (Fsp3) is 0.257. The molecule has 0 aliphatic carbocycles. The highest BCUT2D eigenvalue weighted by atomic mass is 16.6. The maximum atomic E-state index is 11.8. The molecule has 5 aromatic rings. The summed E-state index contributed by atoms with van der Waals surface area (Å²) in [6.07, 6.45) is -0.475. The number of carbonyl (C=O) groups excluding carboxylic acids is 2. The molecular weight excluding hydrogens is 576 g/mol. The summed E-state index contributed by atoms with van der Waals surface area (Å²) in [5.41, 5.74) is 5.24. The zero-order valence-electron chi connectivity index (χ0n) is 24.6. The number of aromatic nitrogens is 2. The molecule has 0 unspecified atom stereocenters. The van der Waals surface area contributed by atoms with Crippen LogP contribution in [0.1, 0.15) is 6.42 Å². The van der Waals surface area contributed by atoms with Crippen molar-refractivity contribution < 1.29 is 38.0 Å². The van der Waals surface area contributed by atoms with Crippen molar-refractivity contribution in [2.75, 3.05) is 52.9 Å². The van der Waals surface area contributed by atoms with Crippen molar-refractivity contribution in [1.82, 2.24) is 9.97 Å². The second-order valence-corrected chi connectivity index (χ2v) is 10.2. The fourth-order valence-electron chi connectivity index (χ4n) is 4.82. The molecule has 0 amide bonds. The van der Waals surface area contributed by atoms with E-state index in [-0.39, 0.29) is 26.4 Å². The molecule has 0 fully saturated rings. The number of carbonyl (C=O) groups is 2. The van der Waals surface area contributed by atoms with Gasteiger partial charge in [-0.3, -0.25) is 9.59 Å². The lowest BCUT2D eigenvalue weighted by Crippen LogP contribution is -2.19. The number of nitrogens with zero attached hydrogens (tertiary/aromatic N) is 2. The Balaban J connectivity index is 1.21. The van der Waals surface area contributed by atoms with Gasteiger partial charge in [-0.25, -0.2) is 9.97 Å². The number of benzene rings is 3. The maximum Gasteiger partial charge on any atom is 0.317 e. The van der Waals surface area contributed by atoms with E-state index in [0.717, 1.165) is 44.3 Å². The molecular formula is C35H32N2O8. The van der Waals surface area contributed by atoms with Gasteiger partial charge in [0.15, 0.2) is 0 Å². The van der Waals surface area contributed by atoms with Crippen LogP contribution >= 0.6 is 0 Å². The van der Waals surface area contributed by atoms with Crippen molar-refractivity contribution in [3.05, 3.63) is 84.9 Å². The molecule has 8 bridgehead atoms. The Labute approximate surface area is 259 Å². The quantitative estimate of drug-likeness (QED) is 0.129. The normalized spacial score (nSPS) is 15.8. The summed E-state index contributed by atoms with van der Waals surface area (Å²) in [5.74, 6) is 0.0394. The van der Waals surface area contributed by atoms with Gasteiger partial charge < -0.3 is 28.4 Å². The number of hydrogen-bond acceptors (Lipinski definition) is 10. The van der Waals surface area contributed by atoms with Gasteiger partial charge in [-0.05, 0) is 60.7 Å². The van der Waals surface area contributed by atoms with Crippen LogP contribution in [0, 0.1) is 0 Å². The molecule has 3 aromatic carbocycles. The Morgan fingerprint density at radius 1 is 0.422 bits per heavy atom. The minimum atomic E-state index is -0.677. The number of hydrogen-bond donors (Lipinski definition) is 0. The van der Waals surface area contributed by atoms with E-state index in [0.29, 0.717) is 37.9 Å². The largest absolute Gasteiger partial charge is 0.491 e. The van der Waals surface area contributed by atoms with Crippen molar-refractivity contribution in [2.24, 2.45) is 0 Å². The van der Waals surface area contributed by atoms with Crippen LogP contribution in [0.15, 0.2) is 84.9 Å². The number of ether oxygens (including phenoxy) is 6. The van der Waals surface area contributed by atoms with Crippen molar-refractivity contribution in [3.63, 3.8) is 0 Å². The van der Waals surface area contributed by atoms with Crippen molar-refractivity contribution in [1.29, 1.82) is 0 Å². The third-order valence-electron chi connectivity index (χ3n) is 7.08. The molecule has 8 rings (SSSR count). The van der Waals surface area contributed by atoms with E-state index in [1.165, 1.54) is 0 Å². The molecule has 0 radical (unpaired) electrons. The molecule has 10 nitrogen and oxygen atoms in total. The van der Waals surface area contributed by atoms with E-state index in [1.54, 1.807) is 0 Å². The lowest BCUT2D eigenvalue weighted by Gasteiger charge is -2.10. The van der Waals surface area contributed by atoms with Gasteiger partial charge in [0.05, 0.1) is 48.8 Å². The molecule has 3 aliphatic rings. The van der Waals surface area contributed by atoms with Crippen molar-refractivity contribution >= 4 is 33.7 Å². The first-order valence-electron chi connectivity index (χ1n) is 14.8. The van der Waals surface area contributed by atoms with Gasteiger partial charge >= 0.3 is 11.9 Å². The Morgan fingerprint density at radius 2 is 0.800 bits per heavy atom. The molecule has 0 N–H and O–H groups in total. The van der Waals surface area contributed by atoms with Gasteiger partial charge in [0.25, 0.3) is 0 Å². The van der Waals surface area contributed by atoms with E-state index < -0.39 is 18.4 Å². The molecule has 10 heteroatoms.